The Balaban J connectivity index is 2.35. The van der Waals surface area contributed by atoms with E-state index in [4.69, 9.17) is 10.4 Å². The van der Waals surface area contributed by atoms with Crippen molar-refractivity contribution in [1.82, 2.24) is 0 Å². The van der Waals surface area contributed by atoms with Gasteiger partial charge in [-0.1, -0.05) is 0 Å². The molecule has 0 radical (unpaired) electrons. The van der Waals surface area contributed by atoms with Crippen LogP contribution in [0.2, 0.25) is 0 Å². The summed E-state index contributed by atoms with van der Waals surface area (Å²) in [5.41, 5.74) is 1.16. The second-order valence-electron chi connectivity index (χ2n) is 3.84. The molecule has 1 aromatic rings. The van der Waals surface area contributed by atoms with Crippen molar-refractivity contribution >= 4 is 29.3 Å². The minimum atomic E-state index is -0.877. The Morgan fingerprint density at radius 1 is 1.42 bits per heavy atom. The van der Waals surface area contributed by atoms with Crippen molar-refractivity contribution in [2.75, 3.05) is 11.1 Å². The molecule has 2 N–H and O–H groups in total. The number of carbonyl (C=O) groups excluding carboxylic acids is 1. The number of rotatable bonds is 6. The molecule has 1 aromatic carbocycles. The third kappa shape index (κ3) is 5.44. The lowest BCUT2D eigenvalue weighted by Crippen LogP contribution is -2.15. The van der Waals surface area contributed by atoms with Crippen LogP contribution in [0, 0.1) is 11.3 Å². The summed E-state index contributed by atoms with van der Waals surface area (Å²) in [4.78, 5) is 22.2. The molecule has 0 fully saturated rings. The van der Waals surface area contributed by atoms with Gasteiger partial charge in [-0.2, -0.15) is 5.26 Å². The fourth-order valence-electron chi connectivity index (χ4n) is 1.25. The number of anilines is 1. The molecule has 5 nitrogen and oxygen atoms in total. The quantitative estimate of drug-likeness (QED) is 0.831. The summed E-state index contributed by atoms with van der Waals surface area (Å²) in [7, 11) is 0. The molecule has 1 unspecified atom stereocenters. The molecule has 0 heterocycles. The molecule has 6 heteroatoms. The first kappa shape index (κ1) is 15.1. The predicted octanol–water partition coefficient (Wildman–Crippen LogP) is 2.09. The van der Waals surface area contributed by atoms with Gasteiger partial charge < -0.3 is 10.4 Å². The summed E-state index contributed by atoms with van der Waals surface area (Å²) in [6.45, 7) is 1.59. The molecule has 1 amide bonds. The Bertz CT molecular complexity index is 494. The van der Waals surface area contributed by atoms with Gasteiger partial charge in [0.1, 0.15) is 0 Å². The van der Waals surface area contributed by atoms with E-state index in [1.807, 2.05) is 6.07 Å². The van der Waals surface area contributed by atoms with E-state index in [0.717, 1.165) is 0 Å². The molecule has 0 aliphatic carbocycles. The summed E-state index contributed by atoms with van der Waals surface area (Å²) in [6.07, 6.45) is 0.252. The number of carboxylic acid groups (broad SMARTS) is 1. The van der Waals surface area contributed by atoms with Crippen LogP contribution in [0.3, 0.4) is 0 Å². The Hall–Kier alpha value is -2.00. The average Bonchev–Trinajstić information content (AvgIpc) is 2.39. The molecule has 19 heavy (non-hydrogen) atoms. The summed E-state index contributed by atoms with van der Waals surface area (Å²) in [6, 6.07) is 8.55. The smallest absolute Gasteiger partial charge is 0.316 e. The van der Waals surface area contributed by atoms with Crippen molar-refractivity contribution < 1.29 is 14.7 Å². The van der Waals surface area contributed by atoms with E-state index in [9.17, 15) is 9.59 Å². The number of nitrogens with zero attached hydrogens (tertiary/aromatic N) is 1. The van der Waals surface area contributed by atoms with Gasteiger partial charge in [0.2, 0.25) is 5.91 Å². The molecular formula is C13H14N2O3S. The van der Waals surface area contributed by atoms with Gasteiger partial charge in [0, 0.05) is 17.9 Å². The van der Waals surface area contributed by atoms with Crippen molar-refractivity contribution in [3.8, 4) is 6.07 Å². The van der Waals surface area contributed by atoms with Gasteiger partial charge in [-0.3, -0.25) is 9.59 Å². The number of benzene rings is 1. The van der Waals surface area contributed by atoms with Gasteiger partial charge in [0.15, 0.2) is 0 Å². The predicted molar refractivity (Wildman–Crippen MR) is 74.0 cm³/mol. The van der Waals surface area contributed by atoms with E-state index >= 15 is 0 Å². The van der Waals surface area contributed by atoms with E-state index in [-0.39, 0.29) is 12.3 Å². The average molecular weight is 278 g/mol. The number of carboxylic acids is 1. The fraction of sp³-hybridized carbons (Fsp3) is 0.308. The summed E-state index contributed by atoms with van der Waals surface area (Å²) < 4.78 is 0. The van der Waals surface area contributed by atoms with Crippen LogP contribution in [0.25, 0.3) is 0 Å². The number of aliphatic carboxylic acids is 1. The Labute approximate surface area is 115 Å². The van der Waals surface area contributed by atoms with Crippen molar-refractivity contribution in [3.63, 3.8) is 0 Å². The maximum absolute atomic E-state index is 11.6. The van der Waals surface area contributed by atoms with Crippen LogP contribution in [-0.2, 0) is 9.59 Å². The number of amides is 1. The standard InChI is InChI=1S/C13H14N2O3S/c1-9(13(17)18)19-7-6-12(16)15-11-4-2-10(8-14)3-5-11/h2-5,9H,6-7H2,1H3,(H,15,16)(H,17,18). The number of carbonyl (C=O) groups is 2. The van der Waals surface area contributed by atoms with Crippen LogP contribution in [0.1, 0.15) is 18.9 Å². The third-order valence-corrected chi connectivity index (χ3v) is 3.48. The zero-order valence-electron chi connectivity index (χ0n) is 10.4. The SMILES string of the molecule is CC(SCCC(=O)Nc1ccc(C#N)cc1)C(=O)O. The lowest BCUT2D eigenvalue weighted by Gasteiger charge is -2.07. The molecule has 1 atom stereocenters. The Kier molecular flexibility index (Phi) is 5.90. The Morgan fingerprint density at radius 3 is 2.58 bits per heavy atom. The van der Waals surface area contributed by atoms with Crippen LogP contribution >= 0.6 is 11.8 Å². The molecule has 0 aromatic heterocycles. The first-order chi connectivity index (χ1) is 9.02. The molecule has 100 valence electrons. The lowest BCUT2D eigenvalue weighted by atomic mass is 10.2. The van der Waals surface area contributed by atoms with Crippen LogP contribution in [0.4, 0.5) is 5.69 Å². The van der Waals surface area contributed by atoms with E-state index in [1.54, 1.807) is 31.2 Å². The van der Waals surface area contributed by atoms with Crippen LogP contribution in [0.5, 0.6) is 0 Å². The first-order valence-electron chi connectivity index (χ1n) is 5.67. The van der Waals surface area contributed by atoms with Crippen molar-refractivity contribution in [2.24, 2.45) is 0 Å². The monoisotopic (exact) mass is 278 g/mol. The van der Waals surface area contributed by atoms with E-state index in [0.29, 0.717) is 17.0 Å². The third-order valence-electron chi connectivity index (χ3n) is 2.34. The second-order valence-corrected chi connectivity index (χ2v) is 5.29. The van der Waals surface area contributed by atoms with Crippen molar-refractivity contribution in [2.45, 2.75) is 18.6 Å². The maximum atomic E-state index is 11.6. The highest BCUT2D eigenvalue weighted by atomic mass is 32.2. The van der Waals surface area contributed by atoms with Crippen molar-refractivity contribution in [1.29, 1.82) is 5.26 Å². The highest BCUT2D eigenvalue weighted by Crippen LogP contribution is 2.13. The fourth-order valence-corrected chi connectivity index (χ4v) is 2.05. The topological polar surface area (TPSA) is 90.2 Å². The first-order valence-corrected chi connectivity index (χ1v) is 6.72. The normalized spacial score (nSPS) is 11.4. The molecule has 0 saturated heterocycles. The minimum Gasteiger partial charge on any atom is -0.480 e. The number of thioether (sulfide) groups is 1. The van der Waals surface area contributed by atoms with Crippen LogP contribution < -0.4 is 5.32 Å². The summed E-state index contributed by atoms with van der Waals surface area (Å²) in [5.74, 6) is -0.595. The molecular weight excluding hydrogens is 264 g/mol. The molecule has 0 bridgehead atoms. The van der Waals surface area contributed by atoms with Crippen molar-refractivity contribution in [3.05, 3.63) is 29.8 Å². The highest BCUT2D eigenvalue weighted by Gasteiger charge is 2.11. The van der Waals surface area contributed by atoms with E-state index < -0.39 is 11.2 Å². The van der Waals surface area contributed by atoms with Crippen LogP contribution in [-0.4, -0.2) is 28.0 Å². The molecule has 0 aliphatic rings. The number of nitrogens with one attached hydrogen (secondary N) is 1. The number of nitriles is 1. The van der Waals surface area contributed by atoms with Gasteiger partial charge in [-0.15, -0.1) is 11.8 Å². The number of hydrogen-bond acceptors (Lipinski definition) is 4. The van der Waals surface area contributed by atoms with E-state index in [2.05, 4.69) is 5.32 Å². The zero-order chi connectivity index (χ0) is 14.3. The summed E-state index contributed by atoms with van der Waals surface area (Å²) in [5, 5.41) is 19.5. The van der Waals surface area contributed by atoms with Gasteiger partial charge in [0.05, 0.1) is 16.9 Å². The molecule has 0 spiro atoms. The highest BCUT2D eigenvalue weighted by molar-refractivity contribution is 8.00. The molecule has 0 saturated carbocycles. The minimum absolute atomic E-state index is 0.171. The van der Waals surface area contributed by atoms with Gasteiger partial charge in [-0.25, -0.2) is 0 Å². The van der Waals surface area contributed by atoms with Gasteiger partial charge >= 0.3 is 5.97 Å². The molecule has 0 aliphatic heterocycles. The number of hydrogen-bond donors (Lipinski definition) is 2. The maximum Gasteiger partial charge on any atom is 0.316 e. The second kappa shape index (κ2) is 7.44. The molecule has 1 rings (SSSR count). The van der Waals surface area contributed by atoms with E-state index in [1.165, 1.54) is 11.8 Å². The Morgan fingerprint density at radius 2 is 2.05 bits per heavy atom. The van der Waals surface area contributed by atoms with Gasteiger partial charge in [0.25, 0.3) is 0 Å². The largest absolute Gasteiger partial charge is 0.480 e. The summed E-state index contributed by atoms with van der Waals surface area (Å²) >= 11 is 1.23. The van der Waals surface area contributed by atoms with Gasteiger partial charge in [-0.05, 0) is 31.2 Å². The van der Waals surface area contributed by atoms with Crippen LogP contribution in [0.15, 0.2) is 24.3 Å². The zero-order valence-corrected chi connectivity index (χ0v) is 11.2. The lowest BCUT2D eigenvalue weighted by molar-refractivity contribution is -0.136.